The molecule has 0 aliphatic carbocycles. The number of nitrogens with two attached hydrogens (primary N) is 1. The quantitative estimate of drug-likeness (QED) is 0.850. The Morgan fingerprint density at radius 3 is 2.45 bits per heavy atom. The maximum atomic E-state index is 12.4. The van der Waals surface area contributed by atoms with E-state index < -0.39 is 0 Å². The van der Waals surface area contributed by atoms with Crippen LogP contribution >= 0.6 is 0 Å². The van der Waals surface area contributed by atoms with E-state index in [1.807, 2.05) is 43.4 Å². The van der Waals surface area contributed by atoms with Crippen LogP contribution in [-0.4, -0.2) is 29.5 Å². The van der Waals surface area contributed by atoms with Gasteiger partial charge in [0.2, 0.25) is 0 Å². The number of rotatable bonds is 2. The van der Waals surface area contributed by atoms with E-state index in [1.54, 1.807) is 22.2 Å². The number of benzene rings is 1. The Labute approximate surface area is 117 Å². The summed E-state index contributed by atoms with van der Waals surface area (Å²) < 4.78 is 0. The zero-order valence-corrected chi connectivity index (χ0v) is 11.2. The van der Waals surface area contributed by atoms with Crippen molar-refractivity contribution < 1.29 is 4.79 Å². The van der Waals surface area contributed by atoms with Gasteiger partial charge in [-0.2, -0.15) is 0 Å². The van der Waals surface area contributed by atoms with Crippen LogP contribution in [0.5, 0.6) is 0 Å². The molecule has 102 valence electrons. The second kappa shape index (κ2) is 4.85. The van der Waals surface area contributed by atoms with Gasteiger partial charge in [-0.25, -0.2) is 4.79 Å². The maximum absolute atomic E-state index is 12.4. The first-order valence-corrected chi connectivity index (χ1v) is 6.46. The van der Waals surface area contributed by atoms with E-state index in [0.29, 0.717) is 12.2 Å². The number of carbonyl (C=O) groups excluding carboxylic acids is 1. The highest BCUT2D eigenvalue weighted by Crippen LogP contribution is 2.31. The first-order valence-electron chi connectivity index (χ1n) is 6.46. The van der Waals surface area contributed by atoms with Crippen LogP contribution < -0.4 is 10.6 Å². The highest BCUT2D eigenvalue weighted by atomic mass is 16.2. The SMILES string of the molecule is CN1C(=O)N(c2ccc(N)cc2)CC1c1ccncc1. The number of amides is 2. The molecule has 2 amide bonds. The van der Waals surface area contributed by atoms with E-state index in [2.05, 4.69) is 4.98 Å². The van der Waals surface area contributed by atoms with Crippen molar-refractivity contribution in [1.82, 2.24) is 9.88 Å². The molecule has 1 aromatic carbocycles. The van der Waals surface area contributed by atoms with Gasteiger partial charge in [0.05, 0.1) is 12.6 Å². The van der Waals surface area contributed by atoms with E-state index in [9.17, 15) is 4.79 Å². The fourth-order valence-electron chi connectivity index (χ4n) is 2.48. The predicted molar refractivity (Wildman–Crippen MR) is 78.3 cm³/mol. The Bertz CT molecular complexity index is 612. The van der Waals surface area contributed by atoms with Crippen molar-refractivity contribution in [3.05, 3.63) is 54.4 Å². The van der Waals surface area contributed by atoms with Crippen molar-refractivity contribution in [2.24, 2.45) is 0 Å². The second-order valence-electron chi connectivity index (χ2n) is 4.89. The molecule has 1 fully saturated rings. The second-order valence-corrected chi connectivity index (χ2v) is 4.89. The zero-order chi connectivity index (χ0) is 14.1. The number of nitrogens with zero attached hydrogens (tertiary/aromatic N) is 3. The Hall–Kier alpha value is -2.56. The summed E-state index contributed by atoms with van der Waals surface area (Å²) >= 11 is 0. The zero-order valence-electron chi connectivity index (χ0n) is 11.2. The van der Waals surface area contributed by atoms with Gasteiger partial charge in [0.1, 0.15) is 0 Å². The Kier molecular flexibility index (Phi) is 3.02. The van der Waals surface area contributed by atoms with Crippen LogP contribution in [0.2, 0.25) is 0 Å². The molecule has 0 spiro atoms. The van der Waals surface area contributed by atoms with Gasteiger partial charge in [0, 0.05) is 30.8 Å². The van der Waals surface area contributed by atoms with Gasteiger partial charge in [-0.15, -0.1) is 0 Å². The van der Waals surface area contributed by atoms with E-state index in [1.165, 1.54) is 0 Å². The van der Waals surface area contributed by atoms with Crippen molar-refractivity contribution in [3.63, 3.8) is 0 Å². The minimum atomic E-state index is -0.00316. The molecule has 0 saturated carbocycles. The summed E-state index contributed by atoms with van der Waals surface area (Å²) in [6.07, 6.45) is 3.50. The van der Waals surface area contributed by atoms with Crippen LogP contribution in [0, 0.1) is 0 Å². The van der Waals surface area contributed by atoms with Crippen LogP contribution in [0.1, 0.15) is 11.6 Å². The minimum absolute atomic E-state index is 0.00316. The van der Waals surface area contributed by atoms with Crippen LogP contribution in [-0.2, 0) is 0 Å². The van der Waals surface area contributed by atoms with Crippen molar-refractivity contribution >= 4 is 17.4 Å². The van der Waals surface area contributed by atoms with Crippen LogP contribution in [0.25, 0.3) is 0 Å². The normalized spacial score (nSPS) is 18.6. The average molecular weight is 268 g/mol. The summed E-state index contributed by atoms with van der Waals surface area (Å²) in [5.74, 6) is 0. The molecule has 1 unspecified atom stereocenters. The lowest BCUT2D eigenvalue weighted by Gasteiger charge is -2.17. The molecule has 5 heteroatoms. The summed E-state index contributed by atoms with van der Waals surface area (Å²) in [4.78, 5) is 19.9. The van der Waals surface area contributed by atoms with E-state index >= 15 is 0 Å². The molecule has 1 aromatic heterocycles. The molecule has 1 atom stereocenters. The molecule has 2 heterocycles. The van der Waals surface area contributed by atoms with E-state index in [4.69, 9.17) is 5.73 Å². The number of anilines is 2. The maximum Gasteiger partial charge on any atom is 0.324 e. The van der Waals surface area contributed by atoms with Crippen LogP contribution in [0.15, 0.2) is 48.8 Å². The molecule has 1 aliphatic rings. The third-order valence-corrected chi connectivity index (χ3v) is 3.65. The van der Waals surface area contributed by atoms with Gasteiger partial charge in [-0.05, 0) is 42.0 Å². The van der Waals surface area contributed by atoms with Gasteiger partial charge in [-0.3, -0.25) is 9.88 Å². The summed E-state index contributed by atoms with van der Waals surface area (Å²) in [5, 5.41) is 0. The Morgan fingerprint density at radius 2 is 1.80 bits per heavy atom. The lowest BCUT2D eigenvalue weighted by molar-refractivity contribution is 0.219. The fraction of sp³-hybridized carbons (Fsp3) is 0.200. The number of pyridine rings is 1. The lowest BCUT2D eigenvalue weighted by Crippen LogP contribution is -2.29. The first kappa shape index (κ1) is 12.5. The summed E-state index contributed by atoms with van der Waals surface area (Å²) in [5.41, 5.74) is 8.34. The Balaban J connectivity index is 1.89. The highest BCUT2D eigenvalue weighted by molar-refractivity contribution is 5.94. The van der Waals surface area contributed by atoms with Gasteiger partial charge in [0.15, 0.2) is 0 Å². The number of nitrogen functional groups attached to an aromatic ring is 1. The third-order valence-electron chi connectivity index (χ3n) is 3.65. The molecule has 0 radical (unpaired) electrons. The largest absolute Gasteiger partial charge is 0.399 e. The lowest BCUT2D eigenvalue weighted by atomic mass is 10.1. The molecule has 2 N–H and O–H groups in total. The molecule has 20 heavy (non-hydrogen) atoms. The van der Waals surface area contributed by atoms with Crippen LogP contribution in [0.3, 0.4) is 0 Å². The minimum Gasteiger partial charge on any atom is -0.399 e. The molecule has 0 bridgehead atoms. The predicted octanol–water partition coefficient (Wildman–Crippen LogP) is 2.28. The topological polar surface area (TPSA) is 62.5 Å². The smallest absolute Gasteiger partial charge is 0.324 e. The van der Waals surface area contributed by atoms with Gasteiger partial charge < -0.3 is 10.6 Å². The van der Waals surface area contributed by atoms with E-state index in [-0.39, 0.29) is 12.1 Å². The molecular formula is C15H16N4O. The number of hydrogen-bond acceptors (Lipinski definition) is 3. The summed E-state index contributed by atoms with van der Waals surface area (Å²) in [7, 11) is 1.82. The highest BCUT2D eigenvalue weighted by Gasteiger charge is 2.36. The monoisotopic (exact) mass is 268 g/mol. The number of carbonyl (C=O) groups is 1. The molecule has 2 aromatic rings. The average Bonchev–Trinajstić information content (AvgIpc) is 2.77. The molecule has 5 nitrogen and oxygen atoms in total. The Morgan fingerprint density at radius 1 is 1.15 bits per heavy atom. The standard InChI is InChI=1S/C15H16N4O/c1-18-14(11-6-8-17-9-7-11)10-19(15(18)20)13-4-2-12(16)3-5-13/h2-9,14H,10,16H2,1H3. The molecule has 1 saturated heterocycles. The van der Waals surface area contributed by atoms with Gasteiger partial charge in [-0.1, -0.05) is 0 Å². The summed E-state index contributed by atoms with van der Waals surface area (Å²) in [6.45, 7) is 0.628. The van der Waals surface area contributed by atoms with E-state index in [0.717, 1.165) is 11.3 Å². The van der Waals surface area contributed by atoms with Crippen molar-refractivity contribution in [2.45, 2.75) is 6.04 Å². The number of aromatic nitrogens is 1. The first-order chi connectivity index (χ1) is 9.66. The van der Waals surface area contributed by atoms with Gasteiger partial charge in [0.25, 0.3) is 0 Å². The third kappa shape index (κ3) is 2.07. The number of hydrogen-bond donors (Lipinski definition) is 1. The molecular weight excluding hydrogens is 252 g/mol. The number of likely N-dealkylation sites (N-methyl/N-ethyl adjacent to an activating group) is 1. The van der Waals surface area contributed by atoms with Crippen LogP contribution in [0.4, 0.5) is 16.2 Å². The van der Waals surface area contributed by atoms with Crippen molar-refractivity contribution in [1.29, 1.82) is 0 Å². The molecule has 1 aliphatic heterocycles. The summed E-state index contributed by atoms with van der Waals surface area (Å²) in [6, 6.07) is 11.3. The van der Waals surface area contributed by atoms with Crippen molar-refractivity contribution in [3.8, 4) is 0 Å². The molecule has 3 rings (SSSR count). The number of urea groups is 1. The van der Waals surface area contributed by atoms with Crippen molar-refractivity contribution in [2.75, 3.05) is 24.2 Å². The van der Waals surface area contributed by atoms with Gasteiger partial charge >= 0.3 is 6.03 Å². The fourth-order valence-corrected chi connectivity index (χ4v) is 2.48.